The third-order valence-electron chi connectivity index (χ3n) is 1.45. The molecule has 2 nitrogen and oxygen atoms in total. The lowest BCUT2D eigenvalue weighted by atomic mass is 10.1. The molecule has 0 saturated carbocycles. The summed E-state index contributed by atoms with van der Waals surface area (Å²) in [6, 6.07) is 0. The molecule has 1 unspecified atom stereocenters. The van der Waals surface area contributed by atoms with E-state index in [1.807, 2.05) is 20.8 Å². The minimum absolute atomic E-state index is 0.177. The Kier molecular flexibility index (Phi) is 1.02. The van der Waals surface area contributed by atoms with Crippen molar-refractivity contribution >= 4 is 0 Å². The van der Waals surface area contributed by atoms with Gasteiger partial charge in [0.25, 0.3) is 0 Å². The maximum absolute atomic E-state index is 7.80. The maximum Gasteiger partial charge on any atom is 0.0444 e. The predicted octanol–water partition coefficient (Wildman–Crippen LogP) is 0.690. The molecule has 1 fully saturated rings. The Morgan fingerprint density at radius 2 is 2.20 bits per heavy atom. The van der Waals surface area contributed by atoms with Gasteiger partial charge in [-0.3, -0.25) is 4.90 Å². The van der Waals surface area contributed by atoms with Gasteiger partial charge in [0.2, 0.25) is 0 Å². The Bertz CT molecular complexity index is 248. The van der Waals surface area contributed by atoms with Crippen LogP contribution in [0, 0.1) is 0 Å². The molecule has 0 aromatic heterocycles. The zero-order chi connectivity index (χ0) is 12.1. The third kappa shape index (κ3) is 1.96. The molecule has 1 rings (SSSR count). The molecule has 0 spiro atoms. The Morgan fingerprint density at radius 3 is 2.80 bits per heavy atom. The SMILES string of the molecule is [2H]C1CN(C(C)(C)C)C([2H])([2H])C([2H])([2H])N1. The van der Waals surface area contributed by atoms with E-state index < -0.39 is 25.1 Å². The third-order valence-corrected chi connectivity index (χ3v) is 1.45. The molecule has 0 aliphatic carbocycles. The summed E-state index contributed by atoms with van der Waals surface area (Å²) in [4.78, 5) is 1.40. The van der Waals surface area contributed by atoms with Crippen LogP contribution in [0.1, 0.15) is 27.6 Å². The second kappa shape index (κ2) is 2.89. The molecule has 0 aromatic carbocycles. The Hall–Kier alpha value is -0.0800. The molecule has 0 amide bonds. The molecular formula is C8H18N2. The van der Waals surface area contributed by atoms with Crippen LogP contribution in [0.25, 0.3) is 0 Å². The van der Waals surface area contributed by atoms with Gasteiger partial charge in [-0.25, -0.2) is 0 Å². The molecule has 0 radical (unpaired) electrons. The van der Waals surface area contributed by atoms with Gasteiger partial charge in [-0.1, -0.05) is 0 Å². The molecule has 1 N–H and O–H groups in total. The molecule has 1 aliphatic heterocycles. The largest absolute Gasteiger partial charge is 0.314 e. The highest BCUT2D eigenvalue weighted by molar-refractivity contribution is 4.79. The molecule has 0 aromatic rings. The van der Waals surface area contributed by atoms with Gasteiger partial charge in [0.05, 0.1) is 0 Å². The van der Waals surface area contributed by atoms with Crippen LogP contribution < -0.4 is 5.32 Å². The van der Waals surface area contributed by atoms with Crippen molar-refractivity contribution in [2.45, 2.75) is 26.3 Å². The number of rotatable bonds is 0. The number of hydrogen-bond donors (Lipinski definition) is 1. The van der Waals surface area contributed by atoms with Gasteiger partial charge < -0.3 is 5.32 Å². The van der Waals surface area contributed by atoms with Crippen LogP contribution in [-0.4, -0.2) is 36.5 Å². The van der Waals surface area contributed by atoms with Crippen molar-refractivity contribution in [3.63, 3.8) is 0 Å². The Morgan fingerprint density at radius 1 is 1.50 bits per heavy atom. The van der Waals surface area contributed by atoms with Crippen LogP contribution in [0.3, 0.4) is 0 Å². The second-order valence-corrected chi connectivity index (χ2v) is 3.37. The fourth-order valence-corrected chi connectivity index (χ4v) is 0.775. The van der Waals surface area contributed by atoms with Crippen LogP contribution in [0.2, 0.25) is 0 Å². The van der Waals surface area contributed by atoms with Gasteiger partial charge in [-0.2, -0.15) is 0 Å². The molecule has 2 heteroatoms. The van der Waals surface area contributed by atoms with E-state index in [9.17, 15) is 0 Å². The van der Waals surface area contributed by atoms with Crippen molar-refractivity contribution in [1.29, 1.82) is 0 Å². The highest BCUT2D eigenvalue weighted by Gasteiger charge is 2.21. The molecule has 0 bridgehead atoms. The van der Waals surface area contributed by atoms with E-state index in [4.69, 9.17) is 6.85 Å². The predicted molar refractivity (Wildman–Crippen MR) is 44.2 cm³/mol. The van der Waals surface area contributed by atoms with E-state index >= 15 is 0 Å². The van der Waals surface area contributed by atoms with Crippen LogP contribution in [0.5, 0.6) is 0 Å². The average Bonchev–Trinajstić information content (AvgIpc) is 1.94. The lowest BCUT2D eigenvalue weighted by molar-refractivity contribution is 0.119. The summed E-state index contributed by atoms with van der Waals surface area (Å²) in [5.41, 5.74) is -0.502. The van der Waals surface area contributed by atoms with Crippen LogP contribution in [0.4, 0.5) is 0 Å². The van der Waals surface area contributed by atoms with Crippen LogP contribution >= 0.6 is 0 Å². The number of hydrogen-bond acceptors (Lipinski definition) is 2. The second-order valence-electron chi connectivity index (χ2n) is 3.37. The first-order valence-electron chi connectivity index (χ1n) is 6.04. The standard InChI is InChI=1S/C8H18N2/c1-8(2,3)10-6-4-9-5-7-10/h9H,4-7H2,1-3H3/i4D,5D2,7D2. The molecule has 10 heavy (non-hydrogen) atoms. The highest BCUT2D eigenvalue weighted by atomic mass is 15.2. The van der Waals surface area contributed by atoms with E-state index in [-0.39, 0.29) is 6.54 Å². The van der Waals surface area contributed by atoms with Crippen molar-refractivity contribution in [3.8, 4) is 0 Å². The van der Waals surface area contributed by atoms with E-state index in [2.05, 4.69) is 5.32 Å². The fourth-order valence-electron chi connectivity index (χ4n) is 0.775. The Balaban J connectivity index is 3.06. The number of piperazine rings is 1. The molecule has 1 heterocycles. The van der Waals surface area contributed by atoms with Gasteiger partial charge >= 0.3 is 0 Å². The average molecular weight is 147 g/mol. The number of nitrogens with zero attached hydrogens (tertiary/aromatic N) is 1. The van der Waals surface area contributed by atoms with Crippen molar-refractivity contribution < 1.29 is 6.85 Å². The molecule has 60 valence electrons. The molecule has 1 saturated heterocycles. The van der Waals surface area contributed by atoms with E-state index in [0.717, 1.165) is 0 Å². The van der Waals surface area contributed by atoms with E-state index in [1.54, 1.807) is 0 Å². The van der Waals surface area contributed by atoms with E-state index in [1.165, 1.54) is 4.90 Å². The van der Waals surface area contributed by atoms with Crippen molar-refractivity contribution in [1.82, 2.24) is 10.2 Å². The summed E-state index contributed by atoms with van der Waals surface area (Å²) in [6.45, 7) is 0.517. The van der Waals surface area contributed by atoms with Gasteiger partial charge in [-0.05, 0) is 20.8 Å². The molecule has 1 aliphatic rings. The Labute approximate surface area is 70.6 Å². The van der Waals surface area contributed by atoms with Crippen LogP contribution in [0.15, 0.2) is 0 Å². The quantitative estimate of drug-likeness (QED) is 0.542. The lowest BCUT2D eigenvalue weighted by Gasteiger charge is -2.38. The first-order chi connectivity index (χ1) is 6.48. The fraction of sp³-hybridized carbons (Fsp3) is 1.00. The first-order valence-corrected chi connectivity index (χ1v) is 3.46. The molecule has 1 atom stereocenters. The minimum Gasteiger partial charge on any atom is -0.314 e. The van der Waals surface area contributed by atoms with Crippen LogP contribution in [-0.2, 0) is 0 Å². The van der Waals surface area contributed by atoms with Gasteiger partial charge in [0.1, 0.15) is 0 Å². The topological polar surface area (TPSA) is 15.3 Å². The zero-order valence-electron chi connectivity index (χ0n) is 11.7. The van der Waals surface area contributed by atoms with Crippen molar-refractivity contribution in [3.05, 3.63) is 0 Å². The van der Waals surface area contributed by atoms with Gasteiger partial charge in [-0.15, -0.1) is 0 Å². The summed E-state index contributed by atoms with van der Waals surface area (Å²) < 4.78 is 38.3. The van der Waals surface area contributed by atoms with Gasteiger partial charge in [0, 0.05) is 38.5 Å². The monoisotopic (exact) mass is 147 g/mol. The summed E-state index contributed by atoms with van der Waals surface area (Å²) in [5.74, 6) is 0. The van der Waals surface area contributed by atoms with E-state index in [0.29, 0.717) is 0 Å². The van der Waals surface area contributed by atoms with Gasteiger partial charge in [0.15, 0.2) is 0 Å². The highest BCUT2D eigenvalue weighted by Crippen LogP contribution is 2.12. The zero-order valence-corrected chi connectivity index (χ0v) is 6.73. The lowest BCUT2D eigenvalue weighted by Crippen LogP contribution is -2.51. The summed E-state index contributed by atoms with van der Waals surface area (Å²) in [7, 11) is 0. The minimum atomic E-state index is -2.20. The smallest absolute Gasteiger partial charge is 0.0444 e. The number of nitrogens with one attached hydrogen (secondary N) is 1. The maximum atomic E-state index is 7.80. The summed E-state index contributed by atoms with van der Waals surface area (Å²) >= 11 is 0. The van der Waals surface area contributed by atoms with Crippen molar-refractivity contribution in [2.75, 3.05) is 26.1 Å². The van der Waals surface area contributed by atoms with Crippen molar-refractivity contribution in [2.24, 2.45) is 0 Å². The normalized spacial score (nSPS) is 47.9. The summed E-state index contributed by atoms with van der Waals surface area (Å²) in [6.07, 6.45) is 0. The first kappa shape index (κ1) is 3.55. The molecular weight excluding hydrogens is 124 g/mol. The summed E-state index contributed by atoms with van der Waals surface area (Å²) in [5, 5.41) is 2.33.